The molecule has 4 heteroatoms. The van der Waals surface area contributed by atoms with Crippen molar-refractivity contribution in [2.45, 2.75) is 31.1 Å². The number of methoxy groups -OCH3 is 1. The van der Waals surface area contributed by atoms with E-state index in [1.165, 1.54) is 17.5 Å². The number of aliphatic hydroxyl groups is 1. The SMILES string of the molecule is CNC1c2cc(OC)ccc2CCC1SCC(C)CO. The first-order chi connectivity index (χ1) is 9.69. The highest BCUT2D eigenvalue weighted by Gasteiger charge is 2.29. The third kappa shape index (κ3) is 3.48. The second-order valence-electron chi connectivity index (χ2n) is 5.53. The molecule has 0 spiro atoms. The van der Waals surface area contributed by atoms with E-state index in [2.05, 4.69) is 24.4 Å². The summed E-state index contributed by atoms with van der Waals surface area (Å²) in [5.74, 6) is 2.31. The van der Waals surface area contributed by atoms with Crippen molar-refractivity contribution in [2.24, 2.45) is 5.92 Å². The lowest BCUT2D eigenvalue weighted by Crippen LogP contribution is -2.32. The summed E-state index contributed by atoms with van der Waals surface area (Å²) in [7, 11) is 3.75. The molecule has 0 fully saturated rings. The predicted molar refractivity (Wildman–Crippen MR) is 85.6 cm³/mol. The van der Waals surface area contributed by atoms with Gasteiger partial charge in [-0.2, -0.15) is 11.8 Å². The van der Waals surface area contributed by atoms with Crippen LogP contribution in [0.1, 0.15) is 30.5 Å². The van der Waals surface area contributed by atoms with Crippen molar-refractivity contribution in [1.82, 2.24) is 5.32 Å². The van der Waals surface area contributed by atoms with E-state index >= 15 is 0 Å². The number of aliphatic hydroxyl groups excluding tert-OH is 1. The van der Waals surface area contributed by atoms with Crippen molar-refractivity contribution in [3.63, 3.8) is 0 Å². The minimum Gasteiger partial charge on any atom is -0.497 e. The fourth-order valence-corrected chi connectivity index (χ4v) is 4.18. The molecule has 1 aromatic carbocycles. The summed E-state index contributed by atoms with van der Waals surface area (Å²) in [6.07, 6.45) is 2.32. The van der Waals surface area contributed by atoms with E-state index in [1.54, 1.807) is 7.11 Å². The molecule has 3 atom stereocenters. The van der Waals surface area contributed by atoms with Crippen LogP contribution in [0, 0.1) is 5.92 Å². The minimum atomic E-state index is 0.272. The van der Waals surface area contributed by atoms with E-state index in [0.717, 1.165) is 17.9 Å². The highest BCUT2D eigenvalue weighted by atomic mass is 32.2. The number of rotatable bonds is 6. The van der Waals surface area contributed by atoms with Crippen LogP contribution in [0.25, 0.3) is 0 Å². The van der Waals surface area contributed by atoms with Gasteiger partial charge in [-0.1, -0.05) is 13.0 Å². The van der Waals surface area contributed by atoms with Crippen molar-refractivity contribution in [3.8, 4) is 5.75 Å². The van der Waals surface area contributed by atoms with Crippen LogP contribution >= 0.6 is 11.8 Å². The van der Waals surface area contributed by atoms with E-state index in [4.69, 9.17) is 9.84 Å². The van der Waals surface area contributed by atoms with Crippen LogP contribution < -0.4 is 10.1 Å². The Hall–Kier alpha value is -0.710. The molecule has 0 radical (unpaired) electrons. The first kappa shape index (κ1) is 15.7. The number of thioether (sulfide) groups is 1. The van der Waals surface area contributed by atoms with Crippen molar-refractivity contribution < 1.29 is 9.84 Å². The molecule has 0 amide bonds. The van der Waals surface area contributed by atoms with Crippen LogP contribution in [0.5, 0.6) is 5.75 Å². The van der Waals surface area contributed by atoms with Gasteiger partial charge in [0.25, 0.3) is 0 Å². The molecular formula is C16H25NO2S. The largest absolute Gasteiger partial charge is 0.497 e. The normalized spacial score (nSPS) is 23.2. The molecule has 3 nitrogen and oxygen atoms in total. The van der Waals surface area contributed by atoms with Crippen LogP contribution in [-0.4, -0.2) is 36.9 Å². The number of nitrogens with one attached hydrogen (secondary N) is 1. The summed E-state index contributed by atoms with van der Waals surface area (Å²) in [5, 5.41) is 13.2. The van der Waals surface area contributed by atoms with Gasteiger partial charge in [0.05, 0.1) is 7.11 Å². The van der Waals surface area contributed by atoms with E-state index in [9.17, 15) is 0 Å². The molecule has 0 aromatic heterocycles. The molecule has 1 aromatic rings. The van der Waals surface area contributed by atoms with Gasteiger partial charge in [0.15, 0.2) is 0 Å². The Labute approximate surface area is 126 Å². The average Bonchev–Trinajstić information content (AvgIpc) is 2.51. The molecule has 0 aliphatic heterocycles. The van der Waals surface area contributed by atoms with Gasteiger partial charge >= 0.3 is 0 Å². The third-order valence-electron chi connectivity index (χ3n) is 3.98. The molecule has 3 unspecified atom stereocenters. The smallest absolute Gasteiger partial charge is 0.119 e. The lowest BCUT2D eigenvalue weighted by atomic mass is 9.87. The average molecular weight is 295 g/mol. The standard InChI is InChI=1S/C16H25NO2S/c1-11(9-18)10-20-15-7-5-12-4-6-13(19-3)8-14(12)16(15)17-2/h4,6,8,11,15-18H,5,7,9-10H2,1-3H3. The Morgan fingerprint density at radius 3 is 2.95 bits per heavy atom. The highest BCUT2D eigenvalue weighted by Crippen LogP contribution is 2.38. The van der Waals surface area contributed by atoms with Gasteiger partial charge in [-0.15, -0.1) is 0 Å². The number of hydrogen-bond acceptors (Lipinski definition) is 4. The van der Waals surface area contributed by atoms with Crippen LogP contribution in [0.4, 0.5) is 0 Å². The summed E-state index contributed by atoms with van der Waals surface area (Å²) < 4.78 is 5.36. The summed E-state index contributed by atoms with van der Waals surface area (Å²) in [4.78, 5) is 0. The van der Waals surface area contributed by atoms with E-state index in [-0.39, 0.29) is 6.61 Å². The van der Waals surface area contributed by atoms with Gasteiger partial charge in [0.2, 0.25) is 0 Å². The second kappa shape index (κ2) is 7.34. The van der Waals surface area contributed by atoms with Gasteiger partial charge in [0, 0.05) is 17.9 Å². The fourth-order valence-electron chi connectivity index (χ4n) is 2.74. The maximum absolute atomic E-state index is 9.17. The fraction of sp³-hybridized carbons (Fsp3) is 0.625. The zero-order chi connectivity index (χ0) is 14.5. The van der Waals surface area contributed by atoms with E-state index in [0.29, 0.717) is 17.2 Å². The number of fused-ring (bicyclic) bond motifs is 1. The van der Waals surface area contributed by atoms with Crippen molar-refractivity contribution >= 4 is 11.8 Å². The molecule has 0 saturated carbocycles. The monoisotopic (exact) mass is 295 g/mol. The molecule has 0 saturated heterocycles. The topological polar surface area (TPSA) is 41.5 Å². The highest BCUT2D eigenvalue weighted by molar-refractivity contribution is 7.99. The summed E-state index contributed by atoms with van der Waals surface area (Å²) >= 11 is 1.98. The molecule has 0 heterocycles. The molecular weight excluding hydrogens is 270 g/mol. The molecule has 2 rings (SSSR count). The van der Waals surface area contributed by atoms with Gasteiger partial charge < -0.3 is 15.2 Å². The Morgan fingerprint density at radius 1 is 1.50 bits per heavy atom. The van der Waals surface area contributed by atoms with Crippen LogP contribution in [0.3, 0.4) is 0 Å². The first-order valence-electron chi connectivity index (χ1n) is 7.26. The van der Waals surface area contributed by atoms with Crippen LogP contribution in [0.15, 0.2) is 18.2 Å². The van der Waals surface area contributed by atoms with Gasteiger partial charge in [-0.05, 0) is 54.8 Å². The van der Waals surface area contributed by atoms with Gasteiger partial charge in [0.1, 0.15) is 5.75 Å². The maximum Gasteiger partial charge on any atom is 0.119 e. The Balaban J connectivity index is 2.14. The van der Waals surface area contributed by atoms with E-state index < -0.39 is 0 Å². The van der Waals surface area contributed by atoms with Crippen LogP contribution in [0.2, 0.25) is 0 Å². The predicted octanol–water partition coefficient (Wildman–Crippen LogP) is 2.63. The summed E-state index contributed by atoms with van der Waals surface area (Å²) in [5.41, 5.74) is 2.80. The van der Waals surface area contributed by atoms with Crippen molar-refractivity contribution in [2.75, 3.05) is 26.5 Å². The zero-order valence-corrected chi connectivity index (χ0v) is 13.4. The lowest BCUT2D eigenvalue weighted by molar-refractivity contribution is 0.250. The number of aryl methyl sites for hydroxylation is 1. The maximum atomic E-state index is 9.17. The van der Waals surface area contributed by atoms with Crippen LogP contribution in [-0.2, 0) is 6.42 Å². The molecule has 1 aliphatic carbocycles. The summed E-state index contributed by atoms with van der Waals surface area (Å²) in [6.45, 7) is 2.37. The van der Waals surface area contributed by atoms with Crippen molar-refractivity contribution in [1.29, 1.82) is 0 Å². The molecule has 0 bridgehead atoms. The Bertz CT molecular complexity index is 438. The summed E-state index contributed by atoms with van der Waals surface area (Å²) in [6, 6.07) is 6.77. The molecule has 20 heavy (non-hydrogen) atoms. The quantitative estimate of drug-likeness (QED) is 0.846. The number of hydrogen-bond donors (Lipinski definition) is 2. The van der Waals surface area contributed by atoms with E-state index in [1.807, 2.05) is 24.9 Å². The Morgan fingerprint density at radius 2 is 2.30 bits per heavy atom. The first-order valence-corrected chi connectivity index (χ1v) is 8.31. The minimum absolute atomic E-state index is 0.272. The molecule has 2 N–H and O–H groups in total. The molecule has 112 valence electrons. The Kier molecular flexibility index (Phi) is 5.75. The van der Waals surface area contributed by atoms with Crippen molar-refractivity contribution in [3.05, 3.63) is 29.3 Å². The zero-order valence-electron chi connectivity index (χ0n) is 12.6. The van der Waals surface area contributed by atoms with Gasteiger partial charge in [-0.25, -0.2) is 0 Å². The van der Waals surface area contributed by atoms with Gasteiger partial charge in [-0.3, -0.25) is 0 Å². The lowest BCUT2D eigenvalue weighted by Gasteiger charge is -2.34. The number of ether oxygens (including phenoxy) is 1. The third-order valence-corrected chi connectivity index (χ3v) is 5.67. The second-order valence-corrected chi connectivity index (χ2v) is 6.80. The molecule has 1 aliphatic rings. The number of benzene rings is 1.